The number of nitro groups is 1. The van der Waals surface area contributed by atoms with Gasteiger partial charge in [0.15, 0.2) is 0 Å². The minimum absolute atomic E-state index is 0. The van der Waals surface area contributed by atoms with Crippen LogP contribution in [0.15, 0.2) is 151 Å². The number of nitro benzene ring substituents is 1. The molecule has 8 nitrogen and oxygen atoms in total. The minimum Gasteiger partial charge on any atom is -0.572 e. The number of hydrogen-bond acceptors (Lipinski definition) is 6. The maximum Gasteiger partial charge on any atom is 2.00 e. The minimum atomic E-state index is -4.26. The summed E-state index contributed by atoms with van der Waals surface area (Å²) in [5, 5.41) is 11.1. The number of benzene rings is 4. The smallest absolute Gasteiger partial charge is 0.572 e. The first kappa shape index (κ1) is 32.7. The second-order valence-corrected chi connectivity index (χ2v) is 11.0. The Morgan fingerprint density at radius 3 is 2.04 bits per heavy atom. The van der Waals surface area contributed by atoms with Crippen molar-refractivity contribution >= 4 is 21.4 Å². The molecule has 0 saturated carbocycles. The van der Waals surface area contributed by atoms with Crippen molar-refractivity contribution in [2.24, 2.45) is 0 Å². The third-order valence-electron chi connectivity index (χ3n) is 6.61. The van der Waals surface area contributed by atoms with Crippen LogP contribution in [0, 0.1) is 16.2 Å². The number of nitrogens with zero attached hydrogens (tertiary/aromatic N) is 4. The van der Waals surface area contributed by atoms with Gasteiger partial charge in [0, 0.05) is 24.7 Å². The SMILES string of the molecule is O=[N+]([O-])c1ccccc1S(=O)(=O)[N-]c1ccccc1-c1ccccn1.[Ni+2].[c-]1ccc2c(c1)Cc1ccccc1-2.c1ccncc1. The molecule has 0 fully saturated rings. The number of aromatic nitrogens is 2. The van der Waals surface area contributed by atoms with E-state index in [0.717, 1.165) is 12.5 Å². The van der Waals surface area contributed by atoms with E-state index < -0.39 is 25.5 Å². The molecule has 1 aliphatic carbocycles. The summed E-state index contributed by atoms with van der Waals surface area (Å²) in [6.07, 6.45) is 6.16. The van der Waals surface area contributed by atoms with Gasteiger partial charge in [0.1, 0.15) is 14.9 Å². The molecule has 0 radical (unpaired) electrons. The van der Waals surface area contributed by atoms with Crippen LogP contribution in [0.2, 0.25) is 0 Å². The molecule has 7 rings (SSSR count). The Labute approximate surface area is 272 Å². The van der Waals surface area contributed by atoms with Crippen molar-refractivity contribution in [2.75, 3.05) is 0 Å². The van der Waals surface area contributed by atoms with Crippen LogP contribution in [-0.2, 0) is 32.9 Å². The van der Waals surface area contributed by atoms with Gasteiger partial charge in [-0.15, -0.1) is 16.8 Å². The first-order chi connectivity index (χ1) is 21.4. The molecule has 0 unspecified atom stereocenters. The fourth-order valence-corrected chi connectivity index (χ4v) is 5.80. The van der Waals surface area contributed by atoms with Gasteiger partial charge < -0.3 is 4.72 Å². The Hall–Kier alpha value is -5.18. The molecule has 0 amide bonds. The quantitative estimate of drug-likeness (QED) is 0.0798. The van der Waals surface area contributed by atoms with Crippen molar-refractivity contribution in [3.63, 3.8) is 0 Å². The molecule has 1 aliphatic rings. The largest absolute Gasteiger partial charge is 2.00 e. The van der Waals surface area contributed by atoms with E-state index in [1.165, 1.54) is 46.5 Å². The summed E-state index contributed by atoms with van der Waals surface area (Å²) in [5.74, 6) is 0. The molecule has 226 valence electrons. The molecule has 0 saturated heterocycles. The van der Waals surface area contributed by atoms with Gasteiger partial charge in [0.25, 0.3) is 5.69 Å². The summed E-state index contributed by atoms with van der Waals surface area (Å²) in [4.78, 5) is 17.9. The zero-order valence-electron chi connectivity index (χ0n) is 23.7. The van der Waals surface area contributed by atoms with E-state index in [1.54, 1.807) is 55.0 Å². The molecule has 4 aromatic carbocycles. The molecular weight excluding hydrogens is 631 g/mol. The Bertz CT molecular complexity index is 1910. The molecule has 2 aromatic heterocycles. The number of sulfonamides is 1. The van der Waals surface area contributed by atoms with Gasteiger partial charge in [-0.25, -0.2) is 8.42 Å². The van der Waals surface area contributed by atoms with Crippen LogP contribution in [0.3, 0.4) is 0 Å². The number of para-hydroxylation sites is 1. The summed E-state index contributed by atoms with van der Waals surface area (Å²) in [6, 6.07) is 40.6. The van der Waals surface area contributed by atoms with Gasteiger partial charge >= 0.3 is 16.5 Å². The number of pyridine rings is 2. The summed E-state index contributed by atoms with van der Waals surface area (Å²) in [7, 11) is -4.26. The second-order valence-electron chi connectivity index (χ2n) is 9.47. The molecule has 10 heteroatoms. The van der Waals surface area contributed by atoms with Crippen LogP contribution in [0.5, 0.6) is 0 Å². The van der Waals surface area contributed by atoms with Crippen molar-refractivity contribution in [3.05, 3.63) is 178 Å². The van der Waals surface area contributed by atoms with Crippen molar-refractivity contribution in [1.29, 1.82) is 0 Å². The molecule has 6 aromatic rings. The fraction of sp³-hybridized carbons (Fsp3) is 0.0286. The van der Waals surface area contributed by atoms with Crippen LogP contribution >= 0.6 is 0 Å². The Kier molecular flexibility index (Phi) is 11.3. The monoisotopic (exact) mass is 656 g/mol. The molecule has 0 bridgehead atoms. The van der Waals surface area contributed by atoms with Crippen LogP contribution in [0.25, 0.3) is 27.1 Å². The van der Waals surface area contributed by atoms with Crippen LogP contribution < -0.4 is 0 Å². The zero-order chi connectivity index (χ0) is 30.8. The van der Waals surface area contributed by atoms with Gasteiger partial charge in [0.05, 0.1) is 10.6 Å². The summed E-state index contributed by atoms with van der Waals surface area (Å²) >= 11 is 0. The van der Waals surface area contributed by atoms with Gasteiger partial charge in [-0.2, -0.15) is 24.3 Å². The Morgan fingerprint density at radius 1 is 0.711 bits per heavy atom. The van der Waals surface area contributed by atoms with E-state index in [-0.39, 0.29) is 22.2 Å². The fourth-order valence-electron chi connectivity index (χ4n) is 4.63. The summed E-state index contributed by atoms with van der Waals surface area (Å²) < 4.78 is 29.0. The first-order valence-corrected chi connectivity index (χ1v) is 15.0. The molecule has 0 aliphatic heterocycles. The van der Waals surface area contributed by atoms with E-state index in [4.69, 9.17) is 0 Å². The maximum absolute atomic E-state index is 12.6. The van der Waals surface area contributed by atoms with Gasteiger partial charge in [-0.1, -0.05) is 72.8 Å². The molecule has 0 atom stereocenters. The average Bonchev–Trinajstić information content (AvgIpc) is 3.45. The topological polar surface area (TPSA) is 117 Å². The van der Waals surface area contributed by atoms with E-state index in [9.17, 15) is 18.5 Å². The predicted molar refractivity (Wildman–Crippen MR) is 171 cm³/mol. The third kappa shape index (κ3) is 8.26. The van der Waals surface area contributed by atoms with Crippen molar-refractivity contribution in [2.45, 2.75) is 11.3 Å². The van der Waals surface area contributed by atoms with Gasteiger partial charge in [0.2, 0.25) is 0 Å². The maximum atomic E-state index is 12.6. The van der Waals surface area contributed by atoms with Crippen LogP contribution in [0.4, 0.5) is 11.4 Å². The van der Waals surface area contributed by atoms with Crippen LogP contribution in [-0.4, -0.2) is 23.3 Å². The molecule has 0 N–H and O–H groups in total. The van der Waals surface area contributed by atoms with Crippen molar-refractivity contribution < 1.29 is 29.8 Å². The summed E-state index contributed by atoms with van der Waals surface area (Å²) in [5.41, 5.74) is 6.35. The van der Waals surface area contributed by atoms with Crippen molar-refractivity contribution in [1.82, 2.24) is 9.97 Å². The number of rotatable bonds is 5. The third-order valence-corrected chi connectivity index (χ3v) is 7.95. The van der Waals surface area contributed by atoms with Gasteiger partial charge in [-0.05, 0) is 53.4 Å². The van der Waals surface area contributed by atoms with Gasteiger partial charge in [-0.3, -0.25) is 20.1 Å². The molecule has 0 spiro atoms. The first-order valence-electron chi connectivity index (χ1n) is 13.6. The summed E-state index contributed by atoms with van der Waals surface area (Å²) in [6.45, 7) is 0. The Morgan fingerprint density at radius 2 is 1.36 bits per heavy atom. The second kappa shape index (κ2) is 15.5. The normalized spacial score (nSPS) is 10.8. The van der Waals surface area contributed by atoms with E-state index in [2.05, 4.69) is 57.2 Å². The Balaban J connectivity index is 0.000000189. The molecular formula is C35H26N4NiO4S. The molecule has 2 heterocycles. The van der Waals surface area contributed by atoms with Crippen LogP contribution in [0.1, 0.15) is 11.1 Å². The standard InChI is InChI=1S/C17H12N3O4S.C13H9.C5H5N.Ni/c21-20(22)16-10-3-4-11-17(16)25(23,24)19-15-9-2-1-7-13(15)14-8-5-6-12-18-14;1-3-7-12-10(5-1)9-11-6-2-4-8-13(11)12;1-2-4-6-5-3-1;/h1-12H;1,3-8H,9H2;1-5H;/q2*-1;;+2. The van der Waals surface area contributed by atoms with E-state index in [1.807, 2.05) is 24.3 Å². The number of hydrogen-bond donors (Lipinski definition) is 0. The predicted octanol–water partition coefficient (Wildman–Crippen LogP) is 8.19. The number of fused-ring (bicyclic) bond motifs is 3. The molecule has 45 heavy (non-hydrogen) atoms. The van der Waals surface area contributed by atoms with E-state index >= 15 is 0 Å². The average molecular weight is 657 g/mol. The van der Waals surface area contributed by atoms with E-state index in [0.29, 0.717) is 11.3 Å². The zero-order valence-corrected chi connectivity index (χ0v) is 25.5. The van der Waals surface area contributed by atoms with Crippen molar-refractivity contribution in [3.8, 4) is 22.4 Å².